The van der Waals surface area contributed by atoms with Crippen LogP contribution >= 0.6 is 11.3 Å². The van der Waals surface area contributed by atoms with Crippen molar-refractivity contribution in [2.75, 3.05) is 4.90 Å². The lowest BCUT2D eigenvalue weighted by atomic mass is 9.82. The number of para-hydroxylation sites is 1. The SMILES string of the molecule is CC1(C)c2ccccc2-c2ccc(N(c3ccc4sc5ccccc5c4c3)c3cccc4c3oc3cc(-c5ccccc5)c5ccccc5c34)cc21. The van der Waals surface area contributed by atoms with E-state index in [2.05, 4.69) is 183 Å². The highest BCUT2D eigenvalue weighted by Crippen LogP contribution is 2.52. The molecule has 0 spiro atoms. The summed E-state index contributed by atoms with van der Waals surface area (Å²) in [5.41, 5.74) is 12.6. The van der Waals surface area contributed by atoms with Crippen molar-refractivity contribution in [3.63, 3.8) is 0 Å². The van der Waals surface area contributed by atoms with Crippen molar-refractivity contribution in [1.82, 2.24) is 0 Å². The largest absolute Gasteiger partial charge is 0.454 e. The lowest BCUT2D eigenvalue weighted by molar-refractivity contribution is 0.660. The van der Waals surface area contributed by atoms with Gasteiger partial charge in [-0.05, 0) is 92.7 Å². The first-order chi connectivity index (χ1) is 25.5. The van der Waals surface area contributed by atoms with Gasteiger partial charge < -0.3 is 9.32 Å². The summed E-state index contributed by atoms with van der Waals surface area (Å²) in [6.07, 6.45) is 0. The second kappa shape index (κ2) is 10.9. The monoisotopic (exact) mass is 683 g/mol. The first-order valence-corrected chi connectivity index (χ1v) is 18.7. The lowest BCUT2D eigenvalue weighted by Gasteiger charge is -2.28. The van der Waals surface area contributed by atoms with Gasteiger partial charge in [0.15, 0.2) is 5.58 Å². The fraction of sp³-hybridized carbons (Fsp3) is 0.0612. The Morgan fingerprint density at radius 3 is 2.04 bits per heavy atom. The maximum Gasteiger partial charge on any atom is 0.159 e. The molecule has 2 nitrogen and oxygen atoms in total. The summed E-state index contributed by atoms with van der Waals surface area (Å²) in [4.78, 5) is 2.41. The first kappa shape index (κ1) is 29.6. The third-order valence-electron chi connectivity index (χ3n) is 11.3. The van der Waals surface area contributed by atoms with E-state index in [9.17, 15) is 0 Å². The van der Waals surface area contributed by atoms with E-state index in [-0.39, 0.29) is 5.41 Å². The summed E-state index contributed by atoms with van der Waals surface area (Å²) < 4.78 is 9.66. The van der Waals surface area contributed by atoms with Crippen molar-refractivity contribution in [2.24, 2.45) is 0 Å². The third-order valence-corrected chi connectivity index (χ3v) is 12.4. The maximum absolute atomic E-state index is 7.07. The predicted molar refractivity (Wildman–Crippen MR) is 222 cm³/mol. The highest BCUT2D eigenvalue weighted by atomic mass is 32.1. The molecule has 0 atom stereocenters. The minimum atomic E-state index is -0.126. The quantitative estimate of drug-likeness (QED) is 0.184. The highest BCUT2D eigenvalue weighted by molar-refractivity contribution is 7.25. The Bertz CT molecular complexity index is 3060. The molecule has 10 aromatic rings. The topological polar surface area (TPSA) is 16.4 Å². The molecular formula is C49H33NOS. The zero-order chi connectivity index (χ0) is 34.6. The Balaban J connectivity index is 1.20. The number of rotatable bonds is 4. The van der Waals surface area contributed by atoms with Crippen molar-refractivity contribution in [3.05, 3.63) is 175 Å². The Kier molecular flexibility index (Phi) is 6.21. The lowest BCUT2D eigenvalue weighted by Crippen LogP contribution is -2.16. The van der Waals surface area contributed by atoms with Gasteiger partial charge in [-0.3, -0.25) is 0 Å². The second-order valence-electron chi connectivity index (χ2n) is 14.5. The smallest absolute Gasteiger partial charge is 0.159 e. The highest BCUT2D eigenvalue weighted by Gasteiger charge is 2.36. The average molecular weight is 684 g/mol. The first-order valence-electron chi connectivity index (χ1n) is 17.9. The molecule has 8 aromatic carbocycles. The predicted octanol–water partition coefficient (Wildman–Crippen LogP) is 14.6. The molecule has 0 fully saturated rings. The number of nitrogens with zero attached hydrogens (tertiary/aromatic N) is 1. The number of benzene rings is 8. The van der Waals surface area contributed by atoms with Crippen molar-refractivity contribution >= 4 is 81.3 Å². The molecule has 0 aliphatic heterocycles. The zero-order valence-corrected chi connectivity index (χ0v) is 29.7. The molecule has 0 amide bonds. The molecule has 2 aromatic heterocycles. The van der Waals surface area contributed by atoms with Crippen LogP contribution in [-0.2, 0) is 5.41 Å². The number of hydrogen-bond donors (Lipinski definition) is 0. The van der Waals surface area contributed by atoms with Gasteiger partial charge in [0, 0.05) is 47.7 Å². The molecular weight excluding hydrogens is 651 g/mol. The van der Waals surface area contributed by atoms with Crippen LogP contribution in [0.15, 0.2) is 168 Å². The van der Waals surface area contributed by atoms with Crippen LogP contribution in [0.4, 0.5) is 17.1 Å². The summed E-state index contributed by atoms with van der Waals surface area (Å²) in [6.45, 7) is 4.70. The summed E-state index contributed by atoms with van der Waals surface area (Å²) in [7, 11) is 0. The molecule has 0 bridgehead atoms. The number of anilines is 3. The van der Waals surface area contributed by atoms with E-state index < -0.39 is 0 Å². The van der Waals surface area contributed by atoms with Crippen molar-refractivity contribution in [3.8, 4) is 22.3 Å². The van der Waals surface area contributed by atoms with E-state index in [4.69, 9.17) is 4.42 Å². The molecule has 0 unspecified atom stereocenters. The van der Waals surface area contributed by atoms with E-state index in [1.165, 1.54) is 64.3 Å². The van der Waals surface area contributed by atoms with E-state index >= 15 is 0 Å². The van der Waals surface area contributed by atoms with Crippen LogP contribution in [0.1, 0.15) is 25.0 Å². The van der Waals surface area contributed by atoms with Crippen LogP contribution < -0.4 is 4.90 Å². The summed E-state index contributed by atoms with van der Waals surface area (Å²) in [5, 5.41) is 7.25. The van der Waals surface area contributed by atoms with Crippen LogP contribution in [0.25, 0.3) is 75.1 Å². The van der Waals surface area contributed by atoms with Gasteiger partial charge in [-0.25, -0.2) is 0 Å². The van der Waals surface area contributed by atoms with Gasteiger partial charge in [0.2, 0.25) is 0 Å². The summed E-state index contributed by atoms with van der Waals surface area (Å²) in [6, 6.07) is 59.8. The Morgan fingerprint density at radius 1 is 0.481 bits per heavy atom. The Morgan fingerprint density at radius 2 is 1.15 bits per heavy atom. The summed E-state index contributed by atoms with van der Waals surface area (Å²) in [5.74, 6) is 0. The third kappa shape index (κ3) is 4.17. The zero-order valence-electron chi connectivity index (χ0n) is 28.9. The minimum absolute atomic E-state index is 0.126. The molecule has 0 saturated carbocycles. The molecule has 1 aliphatic rings. The van der Waals surface area contributed by atoms with Crippen molar-refractivity contribution in [1.29, 1.82) is 0 Å². The fourth-order valence-corrected chi connectivity index (χ4v) is 9.88. The number of thiophene rings is 1. The van der Waals surface area contributed by atoms with Crippen molar-refractivity contribution < 1.29 is 4.42 Å². The second-order valence-corrected chi connectivity index (χ2v) is 15.6. The van der Waals surface area contributed by atoms with Gasteiger partial charge in [0.1, 0.15) is 5.58 Å². The fourth-order valence-electron chi connectivity index (χ4n) is 8.79. The molecule has 11 rings (SSSR count). The molecule has 0 radical (unpaired) electrons. The minimum Gasteiger partial charge on any atom is -0.454 e. The molecule has 246 valence electrons. The molecule has 3 heteroatoms. The Labute approximate surface area is 305 Å². The molecule has 52 heavy (non-hydrogen) atoms. The van der Waals surface area contributed by atoms with E-state index in [0.29, 0.717) is 0 Å². The van der Waals surface area contributed by atoms with E-state index in [0.717, 1.165) is 39.0 Å². The molecule has 0 N–H and O–H groups in total. The van der Waals surface area contributed by atoms with Crippen LogP contribution in [-0.4, -0.2) is 0 Å². The van der Waals surface area contributed by atoms with Crippen LogP contribution in [0.3, 0.4) is 0 Å². The number of fused-ring (bicyclic) bond motifs is 11. The number of hydrogen-bond acceptors (Lipinski definition) is 3. The van der Waals surface area contributed by atoms with Crippen LogP contribution in [0.5, 0.6) is 0 Å². The molecule has 0 saturated heterocycles. The normalized spacial score (nSPS) is 13.3. The van der Waals surface area contributed by atoms with Crippen LogP contribution in [0.2, 0.25) is 0 Å². The van der Waals surface area contributed by atoms with Gasteiger partial charge in [-0.1, -0.05) is 129 Å². The molecule has 1 aliphatic carbocycles. The van der Waals surface area contributed by atoms with Gasteiger partial charge >= 0.3 is 0 Å². The van der Waals surface area contributed by atoms with Gasteiger partial charge in [0.05, 0.1) is 5.69 Å². The van der Waals surface area contributed by atoms with Crippen LogP contribution in [0, 0.1) is 0 Å². The number of furan rings is 1. The van der Waals surface area contributed by atoms with Gasteiger partial charge in [-0.2, -0.15) is 0 Å². The summed E-state index contributed by atoms with van der Waals surface area (Å²) >= 11 is 1.85. The van der Waals surface area contributed by atoms with Gasteiger partial charge in [-0.15, -0.1) is 11.3 Å². The van der Waals surface area contributed by atoms with Gasteiger partial charge in [0.25, 0.3) is 0 Å². The van der Waals surface area contributed by atoms with E-state index in [1.54, 1.807) is 0 Å². The van der Waals surface area contributed by atoms with E-state index in [1.807, 2.05) is 11.3 Å². The standard InChI is InChI=1S/C49H33NOS/c1-49(2)41-20-10-8-16-34(41)35-25-23-32(28-42(35)49)50(31-24-26-46-40(27-31)36-17-9-11-22-45(36)52-46)43-21-12-19-38-47-37-18-7-6-15-33(37)39(29-44(47)51-48(38)43)30-13-4-3-5-14-30/h3-29H,1-2H3. The van der Waals surface area contributed by atoms with Crippen molar-refractivity contribution in [2.45, 2.75) is 19.3 Å². The maximum atomic E-state index is 7.07. The Hall–Kier alpha value is -6.16. The average Bonchev–Trinajstić information content (AvgIpc) is 3.83. The molecule has 2 heterocycles.